The summed E-state index contributed by atoms with van der Waals surface area (Å²) in [5, 5.41) is 21.7. The normalized spacial score (nSPS) is 13.7. The summed E-state index contributed by atoms with van der Waals surface area (Å²) in [7, 11) is 0. The van der Waals surface area contributed by atoms with E-state index in [1.807, 2.05) is 0 Å². The average Bonchev–Trinajstić information content (AvgIpc) is 2.56. The third kappa shape index (κ3) is 14.9. The van der Waals surface area contributed by atoms with Crippen LogP contribution in [0.3, 0.4) is 0 Å². The van der Waals surface area contributed by atoms with Crippen molar-refractivity contribution in [2.75, 3.05) is 6.61 Å². The van der Waals surface area contributed by atoms with Gasteiger partial charge in [-0.05, 0) is 6.42 Å². The summed E-state index contributed by atoms with van der Waals surface area (Å²) in [6, 6.07) is -0.528. The van der Waals surface area contributed by atoms with Crippen LogP contribution < -0.4 is 5.32 Å². The van der Waals surface area contributed by atoms with Gasteiger partial charge in [-0.1, -0.05) is 90.4 Å². The second-order valence-electron chi connectivity index (χ2n) is 7.09. The van der Waals surface area contributed by atoms with Gasteiger partial charge < -0.3 is 15.5 Å². The first-order chi connectivity index (χ1) is 11.6. The Labute approximate surface area is 149 Å². The molecule has 3 N–H and O–H groups in total. The molecule has 0 fully saturated rings. The Kier molecular flexibility index (Phi) is 16.8. The monoisotopic (exact) mass is 343 g/mol. The number of amides is 1. The molecular formula is C20H41NO3. The Bertz CT molecular complexity index is 284. The highest BCUT2D eigenvalue weighted by Gasteiger charge is 2.18. The lowest BCUT2D eigenvalue weighted by Crippen LogP contribution is -2.44. The number of carbonyl (C=O) groups excluding carboxylic acids is 1. The predicted octanol–water partition coefficient (Wildman–Crippen LogP) is 4.33. The second kappa shape index (κ2) is 17.2. The minimum absolute atomic E-state index is 0.209. The van der Waals surface area contributed by atoms with E-state index in [1.165, 1.54) is 77.6 Å². The standard InChI is InChI=1S/C20H41NO3/c1-3-4-5-6-7-8-9-10-11-12-13-14-15-16-20(24)19(17-22)21-18(2)23/h19-20,22,24H,3-17H2,1-2H3,(H,21,23)/t19-,20+/m1/s1. The Morgan fingerprint density at radius 1 is 0.833 bits per heavy atom. The quantitative estimate of drug-likeness (QED) is 0.344. The van der Waals surface area contributed by atoms with Gasteiger partial charge in [-0.2, -0.15) is 0 Å². The number of carbonyl (C=O) groups is 1. The van der Waals surface area contributed by atoms with E-state index in [4.69, 9.17) is 0 Å². The molecule has 0 aromatic rings. The van der Waals surface area contributed by atoms with Gasteiger partial charge in [0.2, 0.25) is 5.91 Å². The molecule has 0 spiro atoms. The Hall–Kier alpha value is -0.610. The summed E-state index contributed by atoms with van der Waals surface area (Å²) in [6.07, 6.45) is 16.9. The first-order valence-corrected chi connectivity index (χ1v) is 10.2. The van der Waals surface area contributed by atoms with Crippen molar-refractivity contribution in [3.8, 4) is 0 Å². The molecule has 0 unspecified atom stereocenters. The average molecular weight is 344 g/mol. The molecule has 0 rings (SSSR count). The molecule has 0 aromatic carbocycles. The van der Waals surface area contributed by atoms with Crippen molar-refractivity contribution < 1.29 is 15.0 Å². The summed E-state index contributed by atoms with van der Waals surface area (Å²) in [6.45, 7) is 3.45. The van der Waals surface area contributed by atoms with Crippen LogP contribution in [-0.4, -0.2) is 34.9 Å². The van der Waals surface area contributed by atoms with E-state index in [-0.39, 0.29) is 12.5 Å². The zero-order valence-corrected chi connectivity index (χ0v) is 16.1. The van der Waals surface area contributed by atoms with Crippen LogP contribution in [0.1, 0.15) is 104 Å². The first-order valence-electron chi connectivity index (χ1n) is 10.2. The molecule has 0 radical (unpaired) electrons. The van der Waals surface area contributed by atoms with E-state index in [2.05, 4.69) is 12.2 Å². The molecular weight excluding hydrogens is 302 g/mol. The molecule has 0 saturated carbocycles. The maximum Gasteiger partial charge on any atom is 0.217 e. The largest absolute Gasteiger partial charge is 0.394 e. The van der Waals surface area contributed by atoms with Crippen molar-refractivity contribution in [2.45, 2.75) is 116 Å². The topological polar surface area (TPSA) is 69.6 Å². The Morgan fingerprint density at radius 3 is 1.62 bits per heavy atom. The van der Waals surface area contributed by atoms with Gasteiger partial charge >= 0.3 is 0 Å². The van der Waals surface area contributed by atoms with Crippen molar-refractivity contribution >= 4 is 5.91 Å². The van der Waals surface area contributed by atoms with Crippen LogP contribution >= 0.6 is 0 Å². The maximum absolute atomic E-state index is 11.0. The molecule has 0 aromatic heterocycles. The van der Waals surface area contributed by atoms with E-state index in [0.717, 1.165) is 12.8 Å². The molecule has 0 aliphatic carbocycles. The lowest BCUT2D eigenvalue weighted by Gasteiger charge is -2.21. The van der Waals surface area contributed by atoms with Crippen molar-refractivity contribution in [2.24, 2.45) is 0 Å². The highest BCUT2D eigenvalue weighted by atomic mass is 16.3. The summed E-state index contributed by atoms with van der Waals surface area (Å²) in [5.41, 5.74) is 0. The van der Waals surface area contributed by atoms with Gasteiger partial charge in [0.05, 0.1) is 18.8 Å². The highest BCUT2D eigenvalue weighted by Crippen LogP contribution is 2.14. The minimum Gasteiger partial charge on any atom is -0.394 e. The van der Waals surface area contributed by atoms with E-state index < -0.39 is 12.1 Å². The fourth-order valence-corrected chi connectivity index (χ4v) is 3.10. The summed E-state index contributed by atoms with van der Waals surface area (Å²) >= 11 is 0. The molecule has 144 valence electrons. The third-order valence-electron chi connectivity index (χ3n) is 4.65. The zero-order valence-electron chi connectivity index (χ0n) is 16.1. The Morgan fingerprint density at radius 2 is 1.25 bits per heavy atom. The number of rotatable bonds is 17. The van der Waals surface area contributed by atoms with E-state index in [9.17, 15) is 15.0 Å². The molecule has 0 heterocycles. The van der Waals surface area contributed by atoms with Crippen LogP contribution in [-0.2, 0) is 4.79 Å². The SMILES string of the molecule is CCCCCCCCCCCCCCC[C@H](O)[C@@H](CO)NC(C)=O. The van der Waals surface area contributed by atoms with Gasteiger partial charge in [-0.3, -0.25) is 4.79 Å². The number of aliphatic hydroxyl groups excluding tert-OH is 2. The molecule has 1 amide bonds. The van der Waals surface area contributed by atoms with E-state index >= 15 is 0 Å². The molecule has 4 nitrogen and oxygen atoms in total. The maximum atomic E-state index is 11.0. The fraction of sp³-hybridized carbons (Fsp3) is 0.950. The van der Waals surface area contributed by atoms with Gasteiger partial charge in [-0.15, -0.1) is 0 Å². The van der Waals surface area contributed by atoms with Crippen LogP contribution in [0.15, 0.2) is 0 Å². The van der Waals surface area contributed by atoms with Crippen LogP contribution in [0, 0.1) is 0 Å². The van der Waals surface area contributed by atoms with Crippen molar-refractivity contribution in [1.82, 2.24) is 5.32 Å². The van der Waals surface area contributed by atoms with Gasteiger partial charge in [0, 0.05) is 6.92 Å². The van der Waals surface area contributed by atoms with Crippen LogP contribution in [0.25, 0.3) is 0 Å². The van der Waals surface area contributed by atoms with E-state index in [1.54, 1.807) is 0 Å². The van der Waals surface area contributed by atoms with Crippen LogP contribution in [0.5, 0.6) is 0 Å². The number of aliphatic hydroxyl groups is 2. The smallest absolute Gasteiger partial charge is 0.217 e. The lowest BCUT2D eigenvalue weighted by atomic mass is 10.0. The molecule has 0 bridgehead atoms. The molecule has 24 heavy (non-hydrogen) atoms. The summed E-state index contributed by atoms with van der Waals surface area (Å²) < 4.78 is 0. The second-order valence-corrected chi connectivity index (χ2v) is 7.09. The van der Waals surface area contributed by atoms with Crippen molar-refractivity contribution in [3.63, 3.8) is 0 Å². The Balaban J connectivity index is 3.34. The molecule has 4 heteroatoms. The van der Waals surface area contributed by atoms with Crippen molar-refractivity contribution in [1.29, 1.82) is 0 Å². The molecule has 2 atom stereocenters. The predicted molar refractivity (Wildman–Crippen MR) is 101 cm³/mol. The van der Waals surface area contributed by atoms with Crippen LogP contribution in [0.2, 0.25) is 0 Å². The van der Waals surface area contributed by atoms with Gasteiger partial charge in [0.25, 0.3) is 0 Å². The number of nitrogens with one attached hydrogen (secondary N) is 1. The number of hydrogen-bond acceptors (Lipinski definition) is 3. The molecule has 0 saturated heterocycles. The first kappa shape index (κ1) is 23.4. The lowest BCUT2D eigenvalue weighted by molar-refractivity contribution is -0.121. The van der Waals surface area contributed by atoms with E-state index in [0.29, 0.717) is 6.42 Å². The fourth-order valence-electron chi connectivity index (χ4n) is 3.10. The highest BCUT2D eigenvalue weighted by molar-refractivity contribution is 5.73. The van der Waals surface area contributed by atoms with Crippen LogP contribution in [0.4, 0.5) is 0 Å². The summed E-state index contributed by atoms with van der Waals surface area (Å²) in [5.74, 6) is -0.210. The van der Waals surface area contributed by atoms with Gasteiger partial charge in [0.15, 0.2) is 0 Å². The number of unbranched alkanes of at least 4 members (excludes halogenated alkanes) is 12. The van der Waals surface area contributed by atoms with Gasteiger partial charge in [-0.25, -0.2) is 0 Å². The number of hydrogen-bond donors (Lipinski definition) is 3. The molecule has 0 aliphatic rings. The van der Waals surface area contributed by atoms with Gasteiger partial charge in [0.1, 0.15) is 0 Å². The minimum atomic E-state index is -0.647. The third-order valence-corrected chi connectivity index (χ3v) is 4.65. The summed E-state index contributed by atoms with van der Waals surface area (Å²) in [4.78, 5) is 11.0. The van der Waals surface area contributed by atoms with Crippen molar-refractivity contribution in [3.05, 3.63) is 0 Å². The molecule has 0 aliphatic heterocycles. The zero-order chi connectivity index (χ0) is 18.0.